The van der Waals surface area contributed by atoms with Crippen molar-refractivity contribution in [2.24, 2.45) is 0 Å². The average molecular weight is 235 g/mol. The van der Waals surface area contributed by atoms with Gasteiger partial charge in [-0.25, -0.2) is 9.20 Å². The van der Waals surface area contributed by atoms with E-state index in [1.165, 1.54) is 14.2 Å². The molecule has 90 valence electrons. The third kappa shape index (κ3) is 1.82. The molecule has 0 aliphatic rings. The van der Waals surface area contributed by atoms with Gasteiger partial charge in [0.1, 0.15) is 5.82 Å². The van der Waals surface area contributed by atoms with Crippen LogP contribution in [0.2, 0.25) is 0 Å². The van der Waals surface area contributed by atoms with Gasteiger partial charge in [-0.1, -0.05) is 6.92 Å². The maximum atomic E-state index is 11.5. The standard InChI is InChI=1S/C11H13N3O3/c1-4-8-12-13-9-5-7(11(15)17-3)6-10(16-2)14(8)9/h5-6H,4H2,1-3H3. The number of methoxy groups -OCH3 is 2. The van der Waals surface area contributed by atoms with Gasteiger partial charge in [-0.15, -0.1) is 10.2 Å². The molecule has 2 heterocycles. The molecule has 0 unspecified atom stereocenters. The number of rotatable bonds is 3. The fourth-order valence-corrected chi connectivity index (χ4v) is 1.66. The van der Waals surface area contributed by atoms with Crippen LogP contribution < -0.4 is 4.74 Å². The van der Waals surface area contributed by atoms with Crippen LogP contribution in [-0.2, 0) is 11.2 Å². The number of carbonyl (C=O) groups excluding carboxylic acids is 1. The van der Waals surface area contributed by atoms with Gasteiger partial charge < -0.3 is 9.47 Å². The molecule has 0 aliphatic carbocycles. The van der Waals surface area contributed by atoms with E-state index in [-0.39, 0.29) is 0 Å². The third-order valence-corrected chi connectivity index (χ3v) is 2.49. The highest BCUT2D eigenvalue weighted by Crippen LogP contribution is 2.19. The number of esters is 1. The molecule has 0 amide bonds. The van der Waals surface area contributed by atoms with Crippen molar-refractivity contribution in [1.82, 2.24) is 14.6 Å². The van der Waals surface area contributed by atoms with E-state index in [0.29, 0.717) is 17.1 Å². The van der Waals surface area contributed by atoms with Crippen molar-refractivity contribution in [2.45, 2.75) is 13.3 Å². The zero-order chi connectivity index (χ0) is 12.4. The van der Waals surface area contributed by atoms with Crippen LogP contribution in [0.3, 0.4) is 0 Å². The second kappa shape index (κ2) is 4.40. The summed E-state index contributed by atoms with van der Waals surface area (Å²) in [5.41, 5.74) is 0.966. The number of aromatic nitrogens is 3. The Morgan fingerprint density at radius 3 is 2.71 bits per heavy atom. The fourth-order valence-electron chi connectivity index (χ4n) is 1.66. The van der Waals surface area contributed by atoms with Crippen LogP contribution in [0.5, 0.6) is 5.88 Å². The van der Waals surface area contributed by atoms with E-state index in [1.807, 2.05) is 6.92 Å². The van der Waals surface area contributed by atoms with Crippen molar-refractivity contribution < 1.29 is 14.3 Å². The predicted molar refractivity (Wildman–Crippen MR) is 60.3 cm³/mol. The van der Waals surface area contributed by atoms with Crippen molar-refractivity contribution in [3.05, 3.63) is 23.5 Å². The van der Waals surface area contributed by atoms with Crippen LogP contribution in [0.1, 0.15) is 23.1 Å². The SMILES string of the molecule is CCc1nnc2cc(C(=O)OC)cc(OC)n12. The van der Waals surface area contributed by atoms with Crippen molar-refractivity contribution >= 4 is 11.6 Å². The topological polar surface area (TPSA) is 65.7 Å². The lowest BCUT2D eigenvalue weighted by molar-refractivity contribution is 0.0600. The first-order valence-electron chi connectivity index (χ1n) is 5.21. The first kappa shape index (κ1) is 11.4. The smallest absolute Gasteiger partial charge is 0.338 e. The second-order valence-corrected chi connectivity index (χ2v) is 3.44. The van der Waals surface area contributed by atoms with Crippen molar-refractivity contribution in [1.29, 1.82) is 0 Å². The molecule has 0 spiro atoms. The molecular formula is C11H13N3O3. The van der Waals surface area contributed by atoms with E-state index < -0.39 is 5.97 Å². The van der Waals surface area contributed by atoms with Gasteiger partial charge in [0.25, 0.3) is 0 Å². The normalized spacial score (nSPS) is 10.5. The Kier molecular flexibility index (Phi) is 2.95. The van der Waals surface area contributed by atoms with Gasteiger partial charge in [0.15, 0.2) is 5.65 Å². The first-order chi connectivity index (χ1) is 8.21. The molecule has 17 heavy (non-hydrogen) atoms. The summed E-state index contributed by atoms with van der Waals surface area (Å²) in [6.45, 7) is 1.98. The van der Waals surface area contributed by atoms with Crippen molar-refractivity contribution in [3.63, 3.8) is 0 Å². The van der Waals surface area contributed by atoms with Crippen LogP contribution in [0.25, 0.3) is 5.65 Å². The maximum Gasteiger partial charge on any atom is 0.338 e. The molecule has 0 radical (unpaired) electrons. The van der Waals surface area contributed by atoms with E-state index in [9.17, 15) is 4.79 Å². The minimum Gasteiger partial charge on any atom is -0.482 e. The van der Waals surface area contributed by atoms with Gasteiger partial charge in [-0.05, 0) is 6.07 Å². The molecule has 2 aromatic rings. The summed E-state index contributed by atoms with van der Waals surface area (Å²) < 4.78 is 11.7. The first-order valence-corrected chi connectivity index (χ1v) is 5.21. The summed E-state index contributed by atoms with van der Waals surface area (Å²) in [6, 6.07) is 3.24. The van der Waals surface area contributed by atoms with Gasteiger partial charge in [0.2, 0.25) is 5.88 Å². The molecular weight excluding hydrogens is 222 g/mol. The average Bonchev–Trinajstić information content (AvgIpc) is 2.79. The van der Waals surface area contributed by atoms with E-state index in [2.05, 4.69) is 14.9 Å². The Morgan fingerprint density at radius 1 is 1.35 bits per heavy atom. The Hall–Kier alpha value is -2.11. The highest BCUT2D eigenvalue weighted by molar-refractivity contribution is 5.90. The maximum absolute atomic E-state index is 11.5. The highest BCUT2D eigenvalue weighted by Gasteiger charge is 2.14. The number of hydrogen-bond donors (Lipinski definition) is 0. The number of pyridine rings is 1. The molecule has 0 N–H and O–H groups in total. The summed E-state index contributed by atoms with van der Waals surface area (Å²) in [5.74, 6) is 0.880. The number of ether oxygens (including phenoxy) is 2. The summed E-state index contributed by atoms with van der Waals surface area (Å²) in [6.07, 6.45) is 0.731. The number of fused-ring (bicyclic) bond motifs is 1. The molecule has 6 nitrogen and oxygen atoms in total. The highest BCUT2D eigenvalue weighted by atomic mass is 16.5. The molecule has 0 saturated heterocycles. The van der Waals surface area contributed by atoms with E-state index in [1.54, 1.807) is 16.5 Å². The molecule has 6 heteroatoms. The molecule has 0 saturated carbocycles. The Labute approximate surface area is 98.2 Å². The predicted octanol–water partition coefficient (Wildman–Crippen LogP) is 1.09. The van der Waals surface area contributed by atoms with Gasteiger partial charge in [-0.3, -0.25) is 0 Å². The number of nitrogens with zero attached hydrogens (tertiary/aromatic N) is 3. The second-order valence-electron chi connectivity index (χ2n) is 3.44. The van der Waals surface area contributed by atoms with E-state index in [0.717, 1.165) is 12.2 Å². The molecule has 2 rings (SSSR count). The molecule has 0 fully saturated rings. The summed E-state index contributed by atoms with van der Waals surface area (Å²) in [7, 11) is 2.87. The van der Waals surface area contributed by atoms with Gasteiger partial charge in [0.05, 0.1) is 19.8 Å². The largest absolute Gasteiger partial charge is 0.482 e. The van der Waals surface area contributed by atoms with Crippen LogP contribution in [0.4, 0.5) is 0 Å². The molecule has 2 aromatic heterocycles. The monoisotopic (exact) mass is 235 g/mol. The van der Waals surface area contributed by atoms with Gasteiger partial charge >= 0.3 is 5.97 Å². The quantitative estimate of drug-likeness (QED) is 0.745. The van der Waals surface area contributed by atoms with E-state index in [4.69, 9.17) is 4.74 Å². The molecule has 0 aromatic carbocycles. The minimum absolute atomic E-state index is 0.395. The minimum atomic E-state index is -0.424. The van der Waals surface area contributed by atoms with Crippen LogP contribution in [0.15, 0.2) is 12.1 Å². The fraction of sp³-hybridized carbons (Fsp3) is 0.364. The molecule has 0 atom stereocenters. The lowest BCUT2D eigenvalue weighted by atomic mass is 10.2. The Morgan fingerprint density at radius 2 is 2.12 bits per heavy atom. The van der Waals surface area contributed by atoms with Crippen molar-refractivity contribution in [2.75, 3.05) is 14.2 Å². The summed E-state index contributed by atoms with van der Waals surface area (Å²) in [4.78, 5) is 11.5. The number of carbonyl (C=O) groups is 1. The van der Waals surface area contributed by atoms with Crippen LogP contribution in [0, 0.1) is 0 Å². The Balaban J connectivity index is 2.67. The lowest BCUT2D eigenvalue weighted by Crippen LogP contribution is -2.05. The molecule has 0 bridgehead atoms. The van der Waals surface area contributed by atoms with Crippen molar-refractivity contribution in [3.8, 4) is 5.88 Å². The summed E-state index contributed by atoms with van der Waals surface area (Å²) in [5, 5.41) is 8.03. The van der Waals surface area contributed by atoms with Crippen LogP contribution in [-0.4, -0.2) is 34.8 Å². The lowest BCUT2D eigenvalue weighted by Gasteiger charge is -2.07. The Bertz CT molecular complexity index is 562. The van der Waals surface area contributed by atoms with Gasteiger partial charge in [-0.2, -0.15) is 0 Å². The molecule has 0 aliphatic heterocycles. The zero-order valence-corrected chi connectivity index (χ0v) is 9.93. The van der Waals surface area contributed by atoms with Gasteiger partial charge in [0, 0.05) is 12.5 Å². The number of aryl methyl sites for hydroxylation is 1. The van der Waals surface area contributed by atoms with E-state index >= 15 is 0 Å². The zero-order valence-electron chi connectivity index (χ0n) is 9.93. The van der Waals surface area contributed by atoms with Crippen LogP contribution >= 0.6 is 0 Å². The summed E-state index contributed by atoms with van der Waals surface area (Å²) >= 11 is 0. The number of hydrogen-bond acceptors (Lipinski definition) is 5. The third-order valence-electron chi connectivity index (χ3n) is 2.49.